The molecular formula is C16H18FN5O3. The topological polar surface area (TPSA) is 109 Å². The summed E-state index contributed by atoms with van der Waals surface area (Å²) in [6, 6.07) is 5.56. The Morgan fingerprint density at radius 2 is 2.20 bits per heavy atom. The quantitative estimate of drug-likeness (QED) is 0.753. The van der Waals surface area contributed by atoms with Gasteiger partial charge in [0.25, 0.3) is 0 Å². The molecule has 8 nitrogen and oxygen atoms in total. The first-order valence-electron chi connectivity index (χ1n) is 7.95. The van der Waals surface area contributed by atoms with E-state index in [1.807, 2.05) is 0 Å². The van der Waals surface area contributed by atoms with E-state index < -0.39 is 6.03 Å². The van der Waals surface area contributed by atoms with Crippen LogP contribution < -0.4 is 16.0 Å². The Hall–Kier alpha value is -2.97. The molecule has 0 bridgehead atoms. The molecule has 0 spiro atoms. The fraction of sp³-hybridized carbons (Fsp3) is 0.375. The molecule has 1 unspecified atom stereocenters. The van der Waals surface area contributed by atoms with Crippen LogP contribution in [-0.4, -0.2) is 28.6 Å². The summed E-state index contributed by atoms with van der Waals surface area (Å²) < 4.78 is 18.2. The summed E-state index contributed by atoms with van der Waals surface area (Å²) in [6.07, 6.45) is 1.09. The van der Waals surface area contributed by atoms with Gasteiger partial charge in [0.2, 0.25) is 11.8 Å². The van der Waals surface area contributed by atoms with Crippen LogP contribution in [0.4, 0.5) is 9.18 Å². The summed E-state index contributed by atoms with van der Waals surface area (Å²) in [5.74, 6) is 0.300. The predicted molar refractivity (Wildman–Crippen MR) is 84.8 cm³/mol. The van der Waals surface area contributed by atoms with Gasteiger partial charge in [-0.1, -0.05) is 17.3 Å². The molecule has 2 heterocycles. The van der Waals surface area contributed by atoms with Gasteiger partial charge in [-0.2, -0.15) is 4.98 Å². The number of halogens is 1. The lowest BCUT2D eigenvalue weighted by Crippen LogP contribution is -2.34. The minimum Gasteiger partial charge on any atom is -0.356 e. The lowest BCUT2D eigenvalue weighted by atomic mass is 9.97. The highest BCUT2D eigenvalue weighted by Crippen LogP contribution is 2.22. The van der Waals surface area contributed by atoms with Crippen molar-refractivity contribution in [1.82, 2.24) is 26.1 Å². The van der Waals surface area contributed by atoms with Crippen LogP contribution >= 0.6 is 0 Å². The fourth-order valence-electron chi connectivity index (χ4n) is 2.56. The Labute approximate surface area is 143 Å². The molecule has 0 saturated carbocycles. The van der Waals surface area contributed by atoms with E-state index in [1.165, 1.54) is 12.1 Å². The number of hydrogen-bond donors (Lipinski definition) is 3. The molecule has 2 aromatic rings. The molecule has 3 rings (SSSR count). The molecule has 1 saturated heterocycles. The van der Waals surface area contributed by atoms with Gasteiger partial charge in [0, 0.05) is 25.4 Å². The van der Waals surface area contributed by atoms with E-state index in [2.05, 4.69) is 26.1 Å². The van der Waals surface area contributed by atoms with Crippen LogP contribution in [0.2, 0.25) is 0 Å². The SMILES string of the molecule is O=C1CC(c2noc(CNC(=O)NCc3cccc(F)c3)n2)CCN1. The van der Waals surface area contributed by atoms with Crippen LogP contribution in [0.25, 0.3) is 0 Å². The second kappa shape index (κ2) is 7.73. The number of hydrogen-bond acceptors (Lipinski definition) is 5. The monoisotopic (exact) mass is 347 g/mol. The maximum Gasteiger partial charge on any atom is 0.315 e. The summed E-state index contributed by atoms with van der Waals surface area (Å²) in [5, 5.41) is 11.8. The molecule has 0 aliphatic carbocycles. The first-order valence-corrected chi connectivity index (χ1v) is 7.95. The van der Waals surface area contributed by atoms with Crippen molar-refractivity contribution in [2.24, 2.45) is 0 Å². The number of nitrogens with one attached hydrogen (secondary N) is 3. The number of aromatic nitrogens is 2. The largest absolute Gasteiger partial charge is 0.356 e. The highest BCUT2D eigenvalue weighted by Gasteiger charge is 2.25. The van der Waals surface area contributed by atoms with Gasteiger partial charge in [0.1, 0.15) is 5.82 Å². The van der Waals surface area contributed by atoms with E-state index in [4.69, 9.17) is 4.52 Å². The molecule has 9 heteroatoms. The molecular weight excluding hydrogens is 329 g/mol. The zero-order valence-corrected chi connectivity index (χ0v) is 13.4. The van der Waals surface area contributed by atoms with Gasteiger partial charge in [0.15, 0.2) is 5.82 Å². The van der Waals surface area contributed by atoms with Crippen molar-refractivity contribution in [3.8, 4) is 0 Å². The van der Waals surface area contributed by atoms with Crippen molar-refractivity contribution in [2.75, 3.05) is 6.54 Å². The normalized spacial score (nSPS) is 17.0. The van der Waals surface area contributed by atoms with E-state index >= 15 is 0 Å². The highest BCUT2D eigenvalue weighted by atomic mass is 19.1. The summed E-state index contributed by atoms with van der Waals surface area (Å²) in [5.41, 5.74) is 0.658. The third-order valence-corrected chi connectivity index (χ3v) is 3.84. The molecule has 3 amide bonds. The van der Waals surface area contributed by atoms with Crippen LogP contribution in [-0.2, 0) is 17.9 Å². The van der Waals surface area contributed by atoms with Crippen LogP contribution in [0.3, 0.4) is 0 Å². The molecule has 132 valence electrons. The third kappa shape index (κ3) is 4.75. The van der Waals surface area contributed by atoms with Gasteiger partial charge < -0.3 is 20.5 Å². The average molecular weight is 347 g/mol. The van der Waals surface area contributed by atoms with Crippen LogP contribution in [0.5, 0.6) is 0 Å². The Morgan fingerprint density at radius 3 is 3.00 bits per heavy atom. The van der Waals surface area contributed by atoms with Crippen molar-refractivity contribution in [3.63, 3.8) is 0 Å². The second-order valence-corrected chi connectivity index (χ2v) is 5.75. The Morgan fingerprint density at radius 1 is 1.36 bits per heavy atom. The molecule has 1 aliphatic heterocycles. The van der Waals surface area contributed by atoms with E-state index in [9.17, 15) is 14.0 Å². The molecule has 1 aromatic heterocycles. The number of carbonyl (C=O) groups is 2. The van der Waals surface area contributed by atoms with Gasteiger partial charge in [0.05, 0.1) is 6.54 Å². The molecule has 1 atom stereocenters. The smallest absolute Gasteiger partial charge is 0.315 e. The number of carbonyl (C=O) groups excluding carboxylic acids is 2. The zero-order valence-electron chi connectivity index (χ0n) is 13.4. The third-order valence-electron chi connectivity index (χ3n) is 3.84. The lowest BCUT2D eigenvalue weighted by molar-refractivity contribution is -0.122. The first-order chi connectivity index (χ1) is 12.1. The predicted octanol–water partition coefficient (Wildman–Crippen LogP) is 1.20. The summed E-state index contributed by atoms with van der Waals surface area (Å²) in [6.45, 7) is 0.866. The molecule has 1 aromatic carbocycles. The van der Waals surface area contributed by atoms with Crippen LogP contribution in [0.1, 0.15) is 36.0 Å². The number of piperidine rings is 1. The molecule has 25 heavy (non-hydrogen) atoms. The van der Waals surface area contributed by atoms with Crippen molar-refractivity contribution in [2.45, 2.75) is 31.8 Å². The standard InChI is InChI=1S/C16H18FN5O3/c17-12-3-1-2-10(6-12)8-19-16(24)20-9-14-21-15(22-25-14)11-4-5-18-13(23)7-11/h1-3,6,11H,4-5,7-9H2,(H,18,23)(H2,19,20,24). The minimum atomic E-state index is -0.430. The van der Waals surface area contributed by atoms with Crippen molar-refractivity contribution in [3.05, 3.63) is 47.4 Å². The molecule has 1 fully saturated rings. The number of benzene rings is 1. The fourth-order valence-corrected chi connectivity index (χ4v) is 2.56. The van der Waals surface area contributed by atoms with Gasteiger partial charge in [-0.05, 0) is 24.1 Å². The van der Waals surface area contributed by atoms with E-state index in [0.717, 1.165) is 6.42 Å². The average Bonchev–Trinajstić information content (AvgIpc) is 3.07. The Kier molecular flexibility index (Phi) is 5.22. The molecule has 1 aliphatic rings. The van der Waals surface area contributed by atoms with Gasteiger partial charge in [-0.3, -0.25) is 4.79 Å². The summed E-state index contributed by atoms with van der Waals surface area (Å²) >= 11 is 0. The number of rotatable bonds is 5. The second-order valence-electron chi connectivity index (χ2n) is 5.75. The van der Waals surface area contributed by atoms with Crippen molar-refractivity contribution >= 4 is 11.9 Å². The van der Waals surface area contributed by atoms with Crippen LogP contribution in [0.15, 0.2) is 28.8 Å². The van der Waals surface area contributed by atoms with E-state index in [0.29, 0.717) is 24.4 Å². The number of nitrogens with zero attached hydrogens (tertiary/aromatic N) is 2. The highest BCUT2D eigenvalue weighted by molar-refractivity contribution is 5.77. The maximum absolute atomic E-state index is 13.1. The van der Waals surface area contributed by atoms with E-state index in [1.54, 1.807) is 12.1 Å². The van der Waals surface area contributed by atoms with Crippen molar-refractivity contribution in [1.29, 1.82) is 0 Å². The minimum absolute atomic E-state index is 0.0301. The Balaban J connectivity index is 1.45. The molecule has 3 N–H and O–H groups in total. The zero-order chi connectivity index (χ0) is 17.6. The van der Waals surface area contributed by atoms with Crippen LogP contribution in [0, 0.1) is 5.82 Å². The summed E-state index contributed by atoms with van der Waals surface area (Å²) in [4.78, 5) is 27.4. The first kappa shape index (κ1) is 16.9. The van der Waals surface area contributed by atoms with Crippen molar-refractivity contribution < 1.29 is 18.5 Å². The molecule has 0 radical (unpaired) electrons. The number of urea groups is 1. The maximum atomic E-state index is 13.1. The lowest BCUT2D eigenvalue weighted by Gasteiger charge is -2.18. The Bertz CT molecular complexity index is 764. The van der Waals surface area contributed by atoms with Gasteiger partial charge in [-0.25, -0.2) is 9.18 Å². The summed E-state index contributed by atoms with van der Waals surface area (Å²) in [7, 11) is 0. The number of amides is 3. The van der Waals surface area contributed by atoms with E-state index in [-0.39, 0.29) is 36.6 Å². The van der Waals surface area contributed by atoms with Gasteiger partial charge >= 0.3 is 6.03 Å². The van der Waals surface area contributed by atoms with Gasteiger partial charge in [-0.15, -0.1) is 0 Å².